The second-order valence-corrected chi connectivity index (χ2v) is 2.02. The fraction of sp³-hybridized carbons (Fsp3) is 0.375. The van der Waals surface area contributed by atoms with Crippen molar-refractivity contribution in [1.82, 2.24) is 0 Å². The van der Waals surface area contributed by atoms with Crippen LogP contribution in [0.15, 0.2) is 23.7 Å². The molecule has 0 N–H and O–H groups in total. The van der Waals surface area contributed by atoms with Gasteiger partial charge in [-0.2, -0.15) is 0 Å². The monoisotopic (exact) mass is 141 g/mol. The zero-order valence-electron chi connectivity index (χ0n) is 5.93. The maximum absolute atomic E-state index is 12.3. The number of allylic oxidation sites excluding steroid dienone is 4. The van der Waals surface area contributed by atoms with Crippen LogP contribution in [0.4, 0.5) is 4.39 Å². The van der Waals surface area contributed by atoms with Gasteiger partial charge in [-0.3, -0.25) is 0 Å². The summed E-state index contributed by atoms with van der Waals surface area (Å²) in [5, 5.41) is 0. The minimum absolute atomic E-state index is 0.108. The van der Waals surface area contributed by atoms with Crippen molar-refractivity contribution in [1.29, 1.82) is 0 Å². The largest absolute Gasteiger partial charge is 0.498 e. The van der Waals surface area contributed by atoms with Gasteiger partial charge in [0.2, 0.25) is 0 Å². The lowest BCUT2D eigenvalue weighted by Crippen LogP contribution is -1.96. The Balaban J connectivity index is 2.47. The topological polar surface area (TPSA) is 9.23 Å². The lowest BCUT2D eigenvalue weighted by atomic mass is 10.1. The highest BCUT2D eigenvalue weighted by atomic mass is 19.1. The van der Waals surface area contributed by atoms with Gasteiger partial charge in [-0.25, -0.2) is 4.39 Å². The van der Waals surface area contributed by atoms with Gasteiger partial charge in [0.25, 0.3) is 0 Å². The Morgan fingerprint density at radius 2 is 2.40 bits per heavy atom. The van der Waals surface area contributed by atoms with Gasteiger partial charge in [0.05, 0.1) is 6.61 Å². The van der Waals surface area contributed by atoms with E-state index in [4.69, 9.17) is 4.74 Å². The number of halogens is 1. The second kappa shape index (κ2) is 3.40. The molecule has 0 atom stereocenters. The van der Waals surface area contributed by atoms with E-state index in [9.17, 15) is 4.39 Å². The molecule has 0 saturated carbocycles. The van der Waals surface area contributed by atoms with Crippen molar-refractivity contribution in [2.45, 2.75) is 13.3 Å². The fourth-order valence-electron chi connectivity index (χ4n) is 0.780. The summed E-state index contributed by atoms with van der Waals surface area (Å²) < 4.78 is 17.5. The molecule has 1 radical (unpaired) electrons. The van der Waals surface area contributed by atoms with E-state index >= 15 is 0 Å². The van der Waals surface area contributed by atoms with E-state index in [0.717, 1.165) is 5.76 Å². The Bertz CT molecular complexity index is 166. The predicted octanol–water partition coefficient (Wildman–Crippen LogP) is 2.37. The molecule has 1 aliphatic carbocycles. The smallest absolute Gasteiger partial charge is 0.101 e. The SMILES string of the molecule is CCOC1=CC=C(F)C[CH]1. The van der Waals surface area contributed by atoms with E-state index in [2.05, 4.69) is 0 Å². The zero-order chi connectivity index (χ0) is 7.40. The van der Waals surface area contributed by atoms with Crippen LogP contribution in [0.1, 0.15) is 13.3 Å². The molecule has 0 aromatic heterocycles. The third-order valence-corrected chi connectivity index (χ3v) is 1.24. The maximum Gasteiger partial charge on any atom is 0.101 e. The van der Waals surface area contributed by atoms with Gasteiger partial charge in [-0.15, -0.1) is 0 Å². The van der Waals surface area contributed by atoms with Gasteiger partial charge in [0.15, 0.2) is 0 Å². The molecule has 0 amide bonds. The summed E-state index contributed by atoms with van der Waals surface area (Å²) in [7, 11) is 0. The van der Waals surface area contributed by atoms with Crippen molar-refractivity contribution in [3.8, 4) is 0 Å². The molecule has 0 fully saturated rings. The molecule has 55 valence electrons. The molecule has 0 unspecified atom stereocenters. The van der Waals surface area contributed by atoms with E-state index in [0.29, 0.717) is 13.0 Å². The first-order valence-corrected chi connectivity index (χ1v) is 3.35. The minimum Gasteiger partial charge on any atom is -0.498 e. The summed E-state index contributed by atoms with van der Waals surface area (Å²) in [4.78, 5) is 0. The van der Waals surface area contributed by atoms with Gasteiger partial charge in [-0.05, 0) is 19.1 Å². The van der Waals surface area contributed by atoms with Crippen LogP contribution in [0.25, 0.3) is 0 Å². The Hall–Kier alpha value is -0.790. The van der Waals surface area contributed by atoms with Crippen LogP contribution in [0.2, 0.25) is 0 Å². The van der Waals surface area contributed by atoms with Crippen molar-refractivity contribution in [2.24, 2.45) is 0 Å². The van der Waals surface area contributed by atoms with Crippen LogP contribution in [0.3, 0.4) is 0 Å². The molecule has 1 nitrogen and oxygen atoms in total. The van der Waals surface area contributed by atoms with Crippen LogP contribution in [-0.4, -0.2) is 6.61 Å². The van der Waals surface area contributed by atoms with E-state index in [1.165, 1.54) is 6.08 Å². The number of rotatable bonds is 2. The summed E-state index contributed by atoms with van der Waals surface area (Å²) in [5.74, 6) is 0.660. The lowest BCUT2D eigenvalue weighted by molar-refractivity contribution is 0.233. The molecule has 0 aromatic carbocycles. The Labute approximate surface area is 60.2 Å². The second-order valence-electron chi connectivity index (χ2n) is 2.02. The van der Waals surface area contributed by atoms with Gasteiger partial charge >= 0.3 is 0 Å². The molecule has 10 heavy (non-hydrogen) atoms. The lowest BCUT2D eigenvalue weighted by Gasteiger charge is -2.09. The summed E-state index contributed by atoms with van der Waals surface area (Å²) in [5.41, 5.74) is 0. The molecular formula is C8H10FO. The van der Waals surface area contributed by atoms with Gasteiger partial charge in [-0.1, -0.05) is 0 Å². The predicted molar refractivity (Wildman–Crippen MR) is 37.8 cm³/mol. The average molecular weight is 141 g/mol. The quantitative estimate of drug-likeness (QED) is 0.573. The first kappa shape index (κ1) is 7.32. The molecular weight excluding hydrogens is 131 g/mol. The molecule has 0 heterocycles. The molecule has 0 bridgehead atoms. The molecule has 2 heteroatoms. The van der Waals surface area contributed by atoms with Crippen LogP contribution in [0.5, 0.6) is 0 Å². The van der Waals surface area contributed by atoms with Crippen molar-refractivity contribution in [3.05, 3.63) is 30.2 Å². The van der Waals surface area contributed by atoms with Crippen LogP contribution >= 0.6 is 0 Å². The Morgan fingerprint density at radius 3 is 2.90 bits per heavy atom. The molecule has 0 saturated heterocycles. The van der Waals surface area contributed by atoms with Crippen molar-refractivity contribution < 1.29 is 9.13 Å². The van der Waals surface area contributed by atoms with Crippen molar-refractivity contribution in [3.63, 3.8) is 0 Å². The third kappa shape index (κ3) is 1.87. The molecule has 0 aliphatic heterocycles. The number of ether oxygens (including phenoxy) is 1. The highest BCUT2D eigenvalue weighted by Gasteiger charge is 2.05. The van der Waals surface area contributed by atoms with Crippen molar-refractivity contribution in [2.75, 3.05) is 6.61 Å². The molecule has 1 rings (SSSR count). The Morgan fingerprint density at radius 1 is 1.60 bits per heavy atom. The molecule has 1 aliphatic rings. The zero-order valence-corrected chi connectivity index (χ0v) is 5.93. The van der Waals surface area contributed by atoms with Gasteiger partial charge < -0.3 is 4.74 Å². The number of hydrogen-bond acceptors (Lipinski definition) is 1. The first-order chi connectivity index (χ1) is 4.83. The maximum atomic E-state index is 12.3. The molecule has 0 aromatic rings. The summed E-state index contributed by atoms with van der Waals surface area (Å²) >= 11 is 0. The summed E-state index contributed by atoms with van der Waals surface area (Å²) in [6, 6.07) is 0. The van der Waals surface area contributed by atoms with Crippen LogP contribution < -0.4 is 0 Å². The highest BCUT2D eigenvalue weighted by Crippen LogP contribution is 2.18. The molecule has 0 spiro atoms. The van der Waals surface area contributed by atoms with Crippen LogP contribution in [-0.2, 0) is 4.74 Å². The van der Waals surface area contributed by atoms with E-state index in [-0.39, 0.29) is 5.83 Å². The van der Waals surface area contributed by atoms with E-state index in [1.807, 2.05) is 6.92 Å². The summed E-state index contributed by atoms with van der Waals surface area (Å²) in [6.45, 7) is 2.54. The Kier molecular flexibility index (Phi) is 2.49. The summed E-state index contributed by atoms with van der Waals surface area (Å²) in [6.07, 6.45) is 5.18. The standard InChI is InChI=1S/C8H10FO/c1-2-10-8-5-3-7(9)4-6-8/h3,5-6H,2,4H2,1H3. The normalized spacial score (nSPS) is 17.8. The van der Waals surface area contributed by atoms with Gasteiger partial charge in [0, 0.05) is 12.8 Å². The fourth-order valence-corrected chi connectivity index (χ4v) is 0.780. The third-order valence-electron chi connectivity index (χ3n) is 1.24. The van der Waals surface area contributed by atoms with E-state index in [1.54, 1.807) is 12.5 Å². The van der Waals surface area contributed by atoms with E-state index < -0.39 is 0 Å². The van der Waals surface area contributed by atoms with Crippen molar-refractivity contribution >= 4 is 0 Å². The van der Waals surface area contributed by atoms with Crippen LogP contribution in [0, 0.1) is 6.42 Å². The average Bonchev–Trinajstić information content (AvgIpc) is 1.95. The highest BCUT2D eigenvalue weighted by molar-refractivity contribution is 5.24. The first-order valence-electron chi connectivity index (χ1n) is 3.35. The van der Waals surface area contributed by atoms with Gasteiger partial charge in [0.1, 0.15) is 11.6 Å². The number of hydrogen-bond donors (Lipinski definition) is 0. The minimum atomic E-state index is -0.108.